The van der Waals surface area contributed by atoms with Crippen molar-refractivity contribution in [2.45, 2.75) is 40.2 Å². The largest absolute Gasteiger partial charge is 0.370 e. The summed E-state index contributed by atoms with van der Waals surface area (Å²) in [6.07, 6.45) is 2.52. The molecule has 0 spiro atoms. The number of hydrogen-bond donors (Lipinski definition) is 1. The molecule has 1 atom stereocenters. The zero-order chi connectivity index (χ0) is 13.1. The Bertz CT molecular complexity index is 419. The average Bonchev–Trinajstić information content (AvgIpc) is 2.66. The van der Waals surface area contributed by atoms with Crippen molar-refractivity contribution in [2.24, 2.45) is 16.6 Å². The lowest BCUT2D eigenvalue weighted by atomic mass is 10.0. The molecule has 0 aromatic carbocycles. The Morgan fingerprint density at radius 3 is 2.94 bits per heavy atom. The number of piperidine rings is 1. The van der Waals surface area contributed by atoms with Gasteiger partial charge in [0.25, 0.3) is 0 Å². The van der Waals surface area contributed by atoms with E-state index in [2.05, 4.69) is 28.7 Å². The van der Waals surface area contributed by atoms with Crippen molar-refractivity contribution in [3.63, 3.8) is 0 Å². The van der Waals surface area contributed by atoms with Crippen molar-refractivity contribution in [1.29, 1.82) is 0 Å². The highest BCUT2D eigenvalue weighted by Gasteiger charge is 2.17. The molecule has 1 aromatic rings. The maximum atomic E-state index is 6.06. The lowest BCUT2D eigenvalue weighted by Gasteiger charge is -2.31. The minimum absolute atomic E-state index is 0.607. The van der Waals surface area contributed by atoms with Gasteiger partial charge in [-0.25, -0.2) is 9.98 Å². The number of nitrogens with zero attached hydrogens (tertiary/aromatic N) is 3. The van der Waals surface area contributed by atoms with Gasteiger partial charge >= 0.3 is 0 Å². The standard InChI is InChI=1S/C13H22N4S/c1-9-5-4-6-17(8-9)13(14)15-7-12-16-10(2)11(3)18-12/h9H,4-8H2,1-3H3,(H2,14,15). The molecule has 0 aliphatic carbocycles. The van der Waals surface area contributed by atoms with Crippen LogP contribution in [-0.4, -0.2) is 28.9 Å². The highest BCUT2D eigenvalue weighted by atomic mass is 32.1. The zero-order valence-electron chi connectivity index (χ0n) is 11.4. The van der Waals surface area contributed by atoms with Gasteiger partial charge in [0, 0.05) is 18.0 Å². The molecule has 1 unspecified atom stereocenters. The fourth-order valence-electron chi connectivity index (χ4n) is 2.25. The fourth-order valence-corrected chi connectivity index (χ4v) is 3.11. The van der Waals surface area contributed by atoms with Crippen molar-refractivity contribution in [3.8, 4) is 0 Å². The molecule has 1 fully saturated rings. The summed E-state index contributed by atoms with van der Waals surface area (Å²) in [5, 5.41) is 1.05. The molecule has 2 N–H and O–H groups in total. The van der Waals surface area contributed by atoms with Crippen molar-refractivity contribution >= 4 is 17.3 Å². The smallest absolute Gasteiger partial charge is 0.191 e. The minimum Gasteiger partial charge on any atom is -0.370 e. The first kappa shape index (κ1) is 13.3. The summed E-state index contributed by atoms with van der Waals surface area (Å²) in [7, 11) is 0. The normalized spacial score (nSPS) is 21.4. The van der Waals surface area contributed by atoms with Crippen LogP contribution in [0.5, 0.6) is 0 Å². The number of nitrogens with two attached hydrogens (primary N) is 1. The van der Waals surface area contributed by atoms with Crippen LogP contribution < -0.4 is 5.73 Å². The summed E-state index contributed by atoms with van der Waals surface area (Å²) in [6.45, 7) is 9.08. The SMILES string of the molecule is Cc1nc(CN=C(N)N2CCCC(C)C2)sc1C. The van der Waals surface area contributed by atoms with E-state index in [1.54, 1.807) is 11.3 Å². The van der Waals surface area contributed by atoms with Crippen LogP contribution in [0.25, 0.3) is 0 Å². The summed E-state index contributed by atoms with van der Waals surface area (Å²) in [5.74, 6) is 1.39. The monoisotopic (exact) mass is 266 g/mol. The fraction of sp³-hybridized carbons (Fsp3) is 0.692. The number of hydrogen-bond acceptors (Lipinski definition) is 3. The Labute approximate surface area is 113 Å². The molecule has 2 rings (SSSR count). The molecule has 1 aromatic heterocycles. The number of rotatable bonds is 2. The third-order valence-electron chi connectivity index (χ3n) is 3.43. The molecule has 1 aliphatic rings. The number of aryl methyl sites for hydroxylation is 2. The van der Waals surface area contributed by atoms with E-state index in [4.69, 9.17) is 5.73 Å². The van der Waals surface area contributed by atoms with E-state index < -0.39 is 0 Å². The van der Waals surface area contributed by atoms with Gasteiger partial charge in [0.05, 0.1) is 12.2 Å². The molecular formula is C13H22N4S. The molecule has 100 valence electrons. The van der Waals surface area contributed by atoms with Crippen molar-refractivity contribution in [1.82, 2.24) is 9.88 Å². The van der Waals surface area contributed by atoms with E-state index in [0.29, 0.717) is 12.5 Å². The molecule has 2 heterocycles. The van der Waals surface area contributed by atoms with Gasteiger partial charge in [0.2, 0.25) is 0 Å². The van der Waals surface area contributed by atoms with Crippen LogP contribution in [0.4, 0.5) is 0 Å². The van der Waals surface area contributed by atoms with Gasteiger partial charge in [0.15, 0.2) is 5.96 Å². The summed E-state index contributed by atoms with van der Waals surface area (Å²) >= 11 is 1.71. The Balaban J connectivity index is 1.95. The summed E-state index contributed by atoms with van der Waals surface area (Å²) in [4.78, 5) is 12.4. The highest BCUT2D eigenvalue weighted by molar-refractivity contribution is 7.11. The number of likely N-dealkylation sites (tertiary alicyclic amines) is 1. The Hall–Kier alpha value is -1.10. The second-order valence-electron chi connectivity index (χ2n) is 5.12. The van der Waals surface area contributed by atoms with E-state index >= 15 is 0 Å². The lowest BCUT2D eigenvalue weighted by molar-refractivity contribution is 0.270. The molecule has 0 amide bonds. The van der Waals surface area contributed by atoms with Crippen LogP contribution >= 0.6 is 11.3 Å². The van der Waals surface area contributed by atoms with E-state index in [-0.39, 0.29) is 0 Å². The van der Waals surface area contributed by atoms with Gasteiger partial charge < -0.3 is 10.6 Å². The van der Waals surface area contributed by atoms with Crippen LogP contribution in [0.15, 0.2) is 4.99 Å². The molecule has 4 nitrogen and oxygen atoms in total. The van der Waals surface area contributed by atoms with Gasteiger partial charge in [-0.1, -0.05) is 6.92 Å². The highest BCUT2D eigenvalue weighted by Crippen LogP contribution is 2.18. The predicted molar refractivity (Wildman–Crippen MR) is 76.9 cm³/mol. The molecule has 18 heavy (non-hydrogen) atoms. The third kappa shape index (κ3) is 3.22. The van der Waals surface area contributed by atoms with Gasteiger partial charge in [-0.15, -0.1) is 11.3 Å². The number of aromatic nitrogens is 1. The first-order valence-electron chi connectivity index (χ1n) is 6.54. The molecule has 1 aliphatic heterocycles. The van der Waals surface area contributed by atoms with Crippen molar-refractivity contribution < 1.29 is 0 Å². The van der Waals surface area contributed by atoms with Crippen LogP contribution in [0.3, 0.4) is 0 Å². The average molecular weight is 266 g/mol. The van der Waals surface area contributed by atoms with Gasteiger partial charge in [-0.2, -0.15) is 0 Å². The summed E-state index contributed by atoms with van der Waals surface area (Å²) < 4.78 is 0. The Morgan fingerprint density at radius 2 is 2.33 bits per heavy atom. The first-order valence-corrected chi connectivity index (χ1v) is 7.35. The van der Waals surface area contributed by atoms with E-state index in [0.717, 1.165) is 29.7 Å². The Morgan fingerprint density at radius 1 is 1.56 bits per heavy atom. The van der Waals surface area contributed by atoms with Gasteiger partial charge in [-0.05, 0) is 32.6 Å². The van der Waals surface area contributed by atoms with Gasteiger partial charge in [0.1, 0.15) is 5.01 Å². The maximum absolute atomic E-state index is 6.06. The third-order valence-corrected chi connectivity index (χ3v) is 4.49. The minimum atomic E-state index is 0.607. The van der Waals surface area contributed by atoms with Gasteiger partial charge in [-0.3, -0.25) is 0 Å². The molecule has 5 heteroatoms. The van der Waals surface area contributed by atoms with E-state index in [1.165, 1.54) is 17.7 Å². The lowest BCUT2D eigenvalue weighted by Crippen LogP contribution is -2.43. The maximum Gasteiger partial charge on any atom is 0.191 e. The van der Waals surface area contributed by atoms with Crippen molar-refractivity contribution in [3.05, 3.63) is 15.6 Å². The summed E-state index contributed by atoms with van der Waals surface area (Å²) in [6, 6.07) is 0. The van der Waals surface area contributed by atoms with Crippen molar-refractivity contribution in [2.75, 3.05) is 13.1 Å². The number of aliphatic imine (C=N–C) groups is 1. The Kier molecular flexibility index (Phi) is 4.22. The second-order valence-corrected chi connectivity index (χ2v) is 6.40. The van der Waals surface area contributed by atoms with E-state index in [9.17, 15) is 0 Å². The molecule has 0 bridgehead atoms. The van der Waals surface area contributed by atoms with Crippen LogP contribution in [-0.2, 0) is 6.54 Å². The van der Waals surface area contributed by atoms with Crippen LogP contribution in [0.2, 0.25) is 0 Å². The topological polar surface area (TPSA) is 54.5 Å². The predicted octanol–water partition coefficient (Wildman–Crippen LogP) is 2.31. The molecule has 0 saturated carbocycles. The first-order chi connectivity index (χ1) is 8.56. The molecule has 0 radical (unpaired) electrons. The number of guanidine groups is 1. The number of thiazole rings is 1. The quantitative estimate of drug-likeness (QED) is 0.660. The zero-order valence-corrected chi connectivity index (χ0v) is 12.3. The summed E-state index contributed by atoms with van der Waals surface area (Å²) in [5.41, 5.74) is 7.16. The van der Waals surface area contributed by atoms with Crippen LogP contribution in [0.1, 0.15) is 35.3 Å². The molecular weight excluding hydrogens is 244 g/mol. The molecule has 1 saturated heterocycles. The second kappa shape index (κ2) is 5.69. The van der Waals surface area contributed by atoms with Crippen LogP contribution in [0, 0.1) is 19.8 Å². The van der Waals surface area contributed by atoms with E-state index in [1.807, 2.05) is 6.92 Å².